The van der Waals surface area contributed by atoms with Crippen LogP contribution in [0.25, 0.3) is 10.2 Å². The number of methoxy groups -OCH3 is 1. The molecule has 6 nitrogen and oxygen atoms in total. The average molecular weight is 472 g/mol. The molecular weight excluding hydrogens is 446 g/mol. The lowest BCUT2D eigenvalue weighted by atomic mass is 10.1. The fourth-order valence-corrected chi connectivity index (χ4v) is 4.58. The van der Waals surface area contributed by atoms with Gasteiger partial charge in [-0.15, -0.1) is 0 Å². The molecule has 34 heavy (non-hydrogen) atoms. The van der Waals surface area contributed by atoms with Crippen molar-refractivity contribution in [1.82, 2.24) is 4.98 Å². The summed E-state index contributed by atoms with van der Waals surface area (Å²) in [6, 6.07) is 23.0. The minimum Gasteiger partial charge on any atom is -0.493 e. The van der Waals surface area contributed by atoms with E-state index in [0.29, 0.717) is 41.6 Å². The van der Waals surface area contributed by atoms with Crippen molar-refractivity contribution in [3.05, 3.63) is 77.9 Å². The van der Waals surface area contributed by atoms with Crippen molar-refractivity contribution in [2.45, 2.75) is 26.2 Å². The quantitative estimate of drug-likeness (QED) is 0.269. The maximum atomic E-state index is 13.4. The molecule has 0 spiro atoms. The van der Waals surface area contributed by atoms with E-state index in [1.165, 1.54) is 24.0 Å². The number of aryl methyl sites for hydroxylation is 1. The number of amides is 1. The third-order valence-corrected chi connectivity index (χ3v) is 6.43. The molecule has 1 amide bonds. The highest BCUT2D eigenvalue weighted by molar-refractivity contribution is 7.22. The Morgan fingerprint density at radius 3 is 2.59 bits per heavy atom. The van der Waals surface area contributed by atoms with E-state index in [9.17, 15) is 4.79 Å². The summed E-state index contributed by atoms with van der Waals surface area (Å²) in [6.45, 7) is 2.45. The van der Waals surface area contributed by atoms with Crippen LogP contribution in [0.5, 0.6) is 11.5 Å². The summed E-state index contributed by atoms with van der Waals surface area (Å²) in [5.74, 6) is 1.00. The number of benzene rings is 3. The van der Waals surface area contributed by atoms with Crippen molar-refractivity contribution in [2.24, 2.45) is 0 Å². The third kappa shape index (κ3) is 5.19. The molecule has 4 rings (SSSR count). The third-order valence-electron chi connectivity index (χ3n) is 5.41. The Morgan fingerprint density at radius 2 is 1.88 bits per heavy atom. The number of nitrogens with zero attached hydrogens (tertiary/aromatic N) is 3. The molecule has 0 unspecified atom stereocenters. The predicted octanol–water partition coefficient (Wildman–Crippen LogP) is 6.26. The smallest absolute Gasteiger partial charge is 0.233 e. The van der Waals surface area contributed by atoms with E-state index < -0.39 is 0 Å². The Labute approximate surface area is 203 Å². The fourth-order valence-electron chi connectivity index (χ4n) is 3.57. The van der Waals surface area contributed by atoms with Crippen LogP contribution in [-0.2, 0) is 11.2 Å². The van der Waals surface area contributed by atoms with Crippen LogP contribution in [0.1, 0.15) is 30.9 Å². The standard InChI is InChI=1S/C27H25N3O3S/c1-3-19-10-13-21(14-11-19)30(27-29-22-7-4-5-8-25(22)34-27)26(31)9-6-16-33-23-15-12-20(18-28)17-24(23)32-2/h4-5,7-8,10-15,17H,3,6,9,16H2,1-2H3. The van der Waals surface area contributed by atoms with Gasteiger partial charge >= 0.3 is 0 Å². The Bertz CT molecular complexity index is 1290. The molecule has 0 aliphatic rings. The van der Waals surface area contributed by atoms with Crippen molar-refractivity contribution in [2.75, 3.05) is 18.6 Å². The van der Waals surface area contributed by atoms with E-state index in [1.54, 1.807) is 23.1 Å². The van der Waals surface area contributed by atoms with Gasteiger partial charge in [-0.25, -0.2) is 4.98 Å². The second-order valence-corrected chi connectivity index (χ2v) is 8.65. The van der Waals surface area contributed by atoms with Crippen LogP contribution >= 0.6 is 11.3 Å². The summed E-state index contributed by atoms with van der Waals surface area (Å²) in [4.78, 5) is 19.8. The lowest BCUT2D eigenvalue weighted by molar-refractivity contribution is -0.118. The number of anilines is 2. The van der Waals surface area contributed by atoms with Gasteiger partial charge in [0, 0.05) is 12.5 Å². The Balaban J connectivity index is 1.49. The maximum absolute atomic E-state index is 13.4. The molecule has 4 aromatic rings. The monoisotopic (exact) mass is 471 g/mol. The minimum absolute atomic E-state index is 0.0429. The lowest BCUT2D eigenvalue weighted by Crippen LogP contribution is -2.26. The number of hydrogen-bond donors (Lipinski definition) is 0. The van der Waals surface area contributed by atoms with Gasteiger partial charge in [-0.05, 0) is 54.8 Å². The second-order valence-electron chi connectivity index (χ2n) is 7.64. The summed E-state index contributed by atoms with van der Waals surface area (Å²) in [5.41, 5.74) is 3.39. The topological polar surface area (TPSA) is 75.5 Å². The highest BCUT2D eigenvalue weighted by Gasteiger charge is 2.21. The summed E-state index contributed by atoms with van der Waals surface area (Å²) in [5, 5.41) is 9.70. The van der Waals surface area contributed by atoms with Crippen LogP contribution in [0.15, 0.2) is 66.7 Å². The number of hydrogen-bond acceptors (Lipinski definition) is 6. The molecule has 0 saturated carbocycles. The first-order valence-electron chi connectivity index (χ1n) is 11.1. The molecule has 0 saturated heterocycles. The summed E-state index contributed by atoms with van der Waals surface area (Å²) < 4.78 is 12.2. The van der Waals surface area contributed by atoms with Crippen molar-refractivity contribution in [1.29, 1.82) is 5.26 Å². The average Bonchev–Trinajstić information content (AvgIpc) is 3.30. The summed E-state index contributed by atoms with van der Waals surface area (Å²) in [6.07, 6.45) is 1.76. The zero-order valence-electron chi connectivity index (χ0n) is 19.2. The number of thiazole rings is 1. The Hall–Kier alpha value is -3.89. The molecular formula is C27H25N3O3S. The number of aromatic nitrogens is 1. The number of carbonyl (C=O) groups is 1. The first kappa shape index (κ1) is 23.3. The largest absolute Gasteiger partial charge is 0.493 e. The minimum atomic E-state index is -0.0429. The number of nitriles is 1. The maximum Gasteiger partial charge on any atom is 0.233 e. The molecule has 0 N–H and O–H groups in total. The molecule has 0 radical (unpaired) electrons. The van der Waals surface area contributed by atoms with Crippen LogP contribution < -0.4 is 14.4 Å². The van der Waals surface area contributed by atoms with Gasteiger partial charge in [0.05, 0.1) is 41.3 Å². The van der Waals surface area contributed by atoms with Gasteiger partial charge in [0.1, 0.15) is 0 Å². The van der Waals surface area contributed by atoms with Gasteiger partial charge in [0.15, 0.2) is 16.6 Å². The van der Waals surface area contributed by atoms with Gasteiger partial charge in [0.25, 0.3) is 0 Å². The van der Waals surface area contributed by atoms with Crippen LogP contribution in [0.2, 0.25) is 0 Å². The van der Waals surface area contributed by atoms with E-state index >= 15 is 0 Å². The predicted molar refractivity (Wildman–Crippen MR) is 135 cm³/mol. The normalized spacial score (nSPS) is 10.6. The van der Waals surface area contributed by atoms with Gasteiger partial charge < -0.3 is 9.47 Å². The van der Waals surface area contributed by atoms with Crippen molar-refractivity contribution >= 4 is 38.3 Å². The van der Waals surface area contributed by atoms with E-state index in [4.69, 9.17) is 19.7 Å². The van der Waals surface area contributed by atoms with Crippen LogP contribution in [0, 0.1) is 11.3 Å². The number of rotatable bonds is 9. The zero-order chi connectivity index (χ0) is 23.9. The number of fused-ring (bicyclic) bond motifs is 1. The fraction of sp³-hybridized carbons (Fsp3) is 0.222. The Morgan fingerprint density at radius 1 is 1.09 bits per heavy atom. The molecule has 0 aliphatic carbocycles. The molecule has 1 aromatic heterocycles. The van der Waals surface area contributed by atoms with Crippen molar-refractivity contribution in [3.8, 4) is 17.6 Å². The first-order valence-corrected chi connectivity index (χ1v) is 11.9. The number of ether oxygens (including phenoxy) is 2. The molecule has 0 atom stereocenters. The molecule has 0 fully saturated rings. The lowest BCUT2D eigenvalue weighted by Gasteiger charge is -2.20. The highest BCUT2D eigenvalue weighted by atomic mass is 32.1. The highest BCUT2D eigenvalue weighted by Crippen LogP contribution is 2.34. The van der Waals surface area contributed by atoms with Gasteiger partial charge in [-0.2, -0.15) is 5.26 Å². The van der Waals surface area contributed by atoms with E-state index in [1.807, 2.05) is 48.5 Å². The first-order chi connectivity index (χ1) is 16.6. The van der Waals surface area contributed by atoms with Gasteiger partial charge in [-0.1, -0.05) is 42.5 Å². The van der Waals surface area contributed by atoms with Crippen molar-refractivity contribution < 1.29 is 14.3 Å². The number of carbonyl (C=O) groups excluding carboxylic acids is 1. The molecule has 0 aliphatic heterocycles. The van der Waals surface area contributed by atoms with E-state index in [2.05, 4.69) is 13.0 Å². The van der Waals surface area contributed by atoms with Crippen molar-refractivity contribution in [3.63, 3.8) is 0 Å². The van der Waals surface area contributed by atoms with Crippen LogP contribution in [0.4, 0.5) is 10.8 Å². The zero-order valence-corrected chi connectivity index (χ0v) is 20.0. The summed E-state index contributed by atoms with van der Waals surface area (Å²) >= 11 is 1.50. The van der Waals surface area contributed by atoms with E-state index in [-0.39, 0.29) is 5.91 Å². The van der Waals surface area contributed by atoms with E-state index in [0.717, 1.165) is 22.3 Å². The SMILES string of the molecule is CCc1ccc(N(C(=O)CCCOc2ccc(C#N)cc2OC)c2nc3ccccc3s2)cc1. The second kappa shape index (κ2) is 10.8. The molecule has 0 bridgehead atoms. The molecule has 3 aromatic carbocycles. The molecule has 172 valence electrons. The number of para-hydroxylation sites is 1. The molecule has 1 heterocycles. The van der Waals surface area contributed by atoms with Crippen LogP contribution in [0.3, 0.4) is 0 Å². The molecule has 7 heteroatoms. The van der Waals surface area contributed by atoms with Gasteiger partial charge in [0.2, 0.25) is 5.91 Å². The van der Waals surface area contributed by atoms with Gasteiger partial charge in [-0.3, -0.25) is 9.69 Å². The Kier molecular flexibility index (Phi) is 7.41. The summed E-state index contributed by atoms with van der Waals surface area (Å²) in [7, 11) is 1.53. The van der Waals surface area contributed by atoms with Crippen LogP contribution in [-0.4, -0.2) is 24.6 Å².